The molecule has 0 bridgehead atoms. The Morgan fingerprint density at radius 2 is 1.04 bits per heavy atom. The molecule has 26 heavy (non-hydrogen) atoms. The first kappa shape index (κ1) is 18.1. The predicted molar refractivity (Wildman–Crippen MR) is 103 cm³/mol. The molecule has 1 fully saturated rings. The molecular weight excluding hydrogens is 352 g/mol. The number of nitrogens with one attached hydrogen (secondary N) is 2. The van der Waals surface area contributed by atoms with Crippen LogP contribution in [-0.4, -0.2) is 33.6 Å². The summed E-state index contributed by atoms with van der Waals surface area (Å²) in [6.07, 6.45) is 0. The number of benzene rings is 2. The van der Waals surface area contributed by atoms with E-state index in [1.54, 1.807) is 28.4 Å². The van der Waals surface area contributed by atoms with E-state index in [0.717, 1.165) is 11.1 Å². The van der Waals surface area contributed by atoms with E-state index in [1.807, 2.05) is 36.4 Å². The van der Waals surface area contributed by atoms with Crippen molar-refractivity contribution in [3.8, 4) is 23.0 Å². The van der Waals surface area contributed by atoms with Crippen LogP contribution in [0.3, 0.4) is 0 Å². The smallest absolute Gasteiger partial charge is 0.167 e. The summed E-state index contributed by atoms with van der Waals surface area (Å²) in [7, 11) is 6.49. The average Bonchev–Trinajstić information content (AvgIpc) is 3.08. The summed E-state index contributed by atoms with van der Waals surface area (Å²) >= 11 is 5.36. The molecule has 7 heteroatoms. The SMILES string of the molecule is COc1ccc(C2NC(=S)NC2c2ccc(OC)c(OC)c2)cc1OC. The molecule has 2 aromatic rings. The highest BCUT2D eigenvalue weighted by Gasteiger charge is 2.33. The lowest BCUT2D eigenvalue weighted by molar-refractivity contribution is 0.353. The van der Waals surface area contributed by atoms with Crippen molar-refractivity contribution in [2.75, 3.05) is 28.4 Å². The number of methoxy groups -OCH3 is 4. The zero-order valence-corrected chi connectivity index (χ0v) is 16.0. The number of rotatable bonds is 6. The molecule has 1 aliphatic rings. The molecule has 1 saturated heterocycles. The lowest BCUT2D eigenvalue weighted by atomic mass is 9.94. The molecule has 0 amide bonds. The van der Waals surface area contributed by atoms with Gasteiger partial charge in [0.2, 0.25) is 0 Å². The highest BCUT2D eigenvalue weighted by Crippen LogP contribution is 2.39. The summed E-state index contributed by atoms with van der Waals surface area (Å²) < 4.78 is 21.5. The van der Waals surface area contributed by atoms with E-state index < -0.39 is 0 Å². The second kappa shape index (κ2) is 7.70. The van der Waals surface area contributed by atoms with Crippen LogP contribution in [0.4, 0.5) is 0 Å². The van der Waals surface area contributed by atoms with Crippen molar-refractivity contribution in [3.05, 3.63) is 47.5 Å². The van der Waals surface area contributed by atoms with Gasteiger partial charge < -0.3 is 29.6 Å². The molecule has 2 aromatic carbocycles. The molecule has 0 radical (unpaired) electrons. The number of thiocarbonyl (C=S) groups is 1. The first-order valence-electron chi connectivity index (χ1n) is 8.12. The molecule has 6 nitrogen and oxygen atoms in total. The molecule has 0 aliphatic carbocycles. The van der Waals surface area contributed by atoms with Crippen LogP contribution in [0.5, 0.6) is 23.0 Å². The van der Waals surface area contributed by atoms with Gasteiger partial charge in [-0.05, 0) is 47.6 Å². The van der Waals surface area contributed by atoms with Crippen LogP contribution in [0.15, 0.2) is 36.4 Å². The second-order valence-electron chi connectivity index (χ2n) is 5.80. The Bertz CT molecular complexity index is 747. The monoisotopic (exact) mass is 374 g/mol. The highest BCUT2D eigenvalue weighted by molar-refractivity contribution is 7.80. The minimum absolute atomic E-state index is 0.0552. The maximum absolute atomic E-state index is 5.43. The normalized spacial score (nSPS) is 18.7. The van der Waals surface area contributed by atoms with Gasteiger partial charge in [-0.25, -0.2) is 0 Å². The average molecular weight is 374 g/mol. The van der Waals surface area contributed by atoms with Crippen LogP contribution in [-0.2, 0) is 0 Å². The Balaban J connectivity index is 1.98. The standard InChI is InChI=1S/C19H22N2O4S/c1-22-13-7-5-11(9-15(13)24-3)17-18(21-19(26)20-17)12-6-8-14(23-2)16(10-12)25-4/h5-10,17-18H,1-4H3,(H2,20,21,26). The van der Waals surface area contributed by atoms with Gasteiger partial charge in [0.25, 0.3) is 0 Å². The lowest BCUT2D eigenvalue weighted by Crippen LogP contribution is -2.21. The quantitative estimate of drug-likeness (QED) is 0.754. The predicted octanol–water partition coefficient (Wildman–Crippen LogP) is 2.98. The molecule has 1 aliphatic heterocycles. The van der Waals surface area contributed by atoms with Crippen LogP contribution >= 0.6 is 12.2 Å². The van der Waals surface area contributed by atoms with Gasteiger partial charge in [-0.15, -0.1) is 0 Å². The Hall–Kier alpha value is -2.67. The van der Waals surface area contributed by atoms with Gasteiger partial charge >= 0.3 is 0 Å². The van der Waals surface area contributed by atoms with Crippen LogP contribution in [0.2, 0.25) is 0 Å². The van der Waals surface area contributed by atoms with Gasteiger partial charge in [-0.2, -0.15) is 0 Å². The Kier molecular flexibility index (Phi) is 5.37. The van der Waals surface area contributed by atoms with Gasteiger partial charge in [0.15, 0.2) is 28.1 Å². The van der Waals surface area contributed by atoms with Crippen molar-refractivity contribution in [3.63, 3.8) is 0 Å². The van der Waals surface area contributed by atoms with E-state index in [4.69, 9.17) is 31.2 Å². The van der Waals surface area contributed by atoms with Crippen LogP contribution in [0.25, 0.3) is 0 Å². The largest absolute Gasteiger partial charge is 0.493 e. The van der Waals surface area contributed by atoms with Crippen molar-refractivity contribution >= 4 is 17.3 Å². The van der Waals surface area contributed by atoms with Gasteiger partial charge in [-0.1, -0.05) is 12.1 Å². The third-order valence-electron chi connectivity index (χ3n) is 4.44. The molecule has 2 atom stereocenters. The fourth-order valence-corrected chi connectivity index (χ4v) is 3.39. The van der Waals surface area contributed by atoms with E-state index in [0.29, 0.717) is 28.1 Å². The van der Waals surface area contributed by atoms with Gasteiger partial charge in [-0.3, -0.25) is 0 Å². The van der Waals surface area contributed by atoms with E-state index in [-0.39, 0.29) is 12.1 Å². The first-order valence-corrected chi connectivity index (χ1v) is 8.53. The van der Waals surface area contributed by atoms with E-state index in [2.05, 4.69) is 10.6 Å². The number of hydrogen-bond donors (Lipinski definition) is 2. The molecule has 2 N–H and O–H groups in total. The molecule has 138 valence electrons. The Morgan fingerprint density at radius 3 is 1.38 bits per heavy atom. The molecular formula is C19H22N2O4S. The van der Waals surface area contributed by atoms with E-state index in [9.17, 15) is 0 Å². The van der Waals surface area contributed by atoms with E-state index >= 15 is 0 Å². The number of ether oxygens (including phenoxy) is 4. The summed E-state index contributed by atoms with van der Waals surface area (Å²) in [6, 6.07) is 11.6. The van der Waals surface area contributed by atoms with Crippen LogP contribution in [0, 0.1) is 0 Å². The van der Waals surface area contributed by atoms with Crippen molar-refractivity contribution in [2.24, 2.45) is 0 Å². The molecule has 0 saturated carbocycles. The molecule has 3 rings (SSSR count). The third kappa shape index (κ3) is 3.35. The summed E-state index contributed by atoms with van der Waals surface area (Å²) in [5.41, 5.74) is 2.07. The fraction of sp³-hybridized carbons (Fsp3) is 0.316. The summed E-state index contributed by atoms with van der Waals surface area (Å²) in [5.74, 6) is 2.73. The van der Waals surface area contributed by atoms with Crippen LogP contribution < -0.4 is 29.6 Å². The highest BCUT2D eigenvalue weighted by atomic mass is 32.1. The van der Waals surface area contributed by atoms with Gasteiger partial charge in [0.05, 0.1) is 40.5 Å². The van der Waals surface area contributed by atoms with Gasteiger partial charge in [0.1, 0.15) is 0 Å². The zero-order chi connectivity index (χ0) is 18.7. The Labute approximate surface area is 158 Å². The van der Waals surface area contributed by atoms with Crippen LogP contribution in [0.1, 0.15) is 23.2 Å². The maximum atomic E-state index is 5.43. The fourth-order valence-electron chi connectivity index (χ4n) is 3.13. The molecule has 1 heterocycles. The third-order valence-corrected chi connectivity index (χ3v) is 4.68. The lowest BCUT2D eigenvalue weighted by Gasteiger charge is -2.21. The van der Waals surface area contributed by atoms with Crippen molar-refractivity contribution in [2.45, 2.75) is 12.1 Å². The molecule has 2 unspecified atom stereocenters. The minimum atomic E-state index is -0.0552. The zero-order valence-electron chi connectivity index (χ0n) is 15.2. The van der Waals surface area contributed by atoms with Gasteiger partial charge in [0, 0.05) is 0 Å². The molecule has 0 aromatic heterocycles. The number of hydrogen-bond acceptors (Lipinski definition) is 5. The van der Waals surface area contributed by atoms with E-state index in [1.165, 1.54) is 0 Å². The summed E-state index contributed by atoms with van der Waals surface area (Å²) in [4.78, 5) is 0. The van der Waals surface area contributed by atoms with Crippen molar-refractivity contribution in [1.29, 1.82) is 0 Å². The first-order chi connectivity index (χ1) is 12.6. The minimum Gasteiger partial charge on any atom is -0.493 e. The van der Waals surface area contributed by atoms with Crippen molar-refractivity contribution < 1.29 is 18.9 Å². The Morgan fingerprint density at radius 1 is 0.654 bits per heavy atom. The summed E-state index contributed by atoms with van der Waals surface area (Å²) in [5, 5.41) is 7.25. The second-order valence-corrected chi connectivity index (χ2v) is 6.21. The molecule has 0 spiro atoms. The summed E-state index contributed by atoms with van der Waals surface area (Å²) in [6.45, 7) is 0. The maximum Gasteiger partial charge on any atom is 0.167 e. The topological polar surface area (TPSA) is 61.0 Å². The van der Waals surface area contributed by atoms with Crippen molar-refractivity contribution in [1.82, 2.24) is 10.6 Å².